The number of ether oxygens (including phenoxy) is 3. The number of sulfonamides is 1. The molecule has 2 aliphatic heterocycles. The van der Waals surface area contributed by atoms with Crippen LogP contribution in [0.2, 0.25) is 0 Å². The van der Waals surface area contributed by atoms with Crippen LogP contribution in [0.5, 0.6) is 11.5 Å². The molecule has 11 heteroatoms. The minimum Gasteiger partial charge on any atom is -0.454 e. The van der Waals surface area contributed by atoms with Crippen molar-refractivity contribution in [2.75, 3.05) is 51.5 Å². The molecule has 0 radical (unpaired) electrons. The first-order chi connectivity index (χ1) is 18.9. The molecule has 3 aromatic rings. The van der Waals surface area contributed by atoms with E-state index in [0.29, 0.717) is 49.3 Å². The SMILES string of the molecule is O=C(Nc1cccc(-c2ccc(S(=O)(=O)NCCN3CCOCC3)cc2)n1)C1(c2ccc3c(c2)OCO3)CC1. The molecule has 0 bridgehead atoms. The summed E-state index contributed by atoms with van der Waals surface area (Å²) >= 11 is 0. The quantitative estimate of drug-likeness (QED) is 0.418. The molecule has 6 rings (SSSR count). The van der Waals surface area contributed by atoms with Crippen molar-refractivity contribution in [2.45, 2.75) is 23.2 Å². The number of amides is 1. The van der Waals surface area contributed by atoms with Crippen LogP contribution < -0.4 is 19.5 Å². The molecule has 0 spiro atoms. The highest BCUT2D eigenvalue weighted by atomic mass is 32.2. The normalized spacial score (nSPS) is 18.1. The highest BCUT2D eigenvalue weighted by Crippen LogP contribution is 2.51. The zero-order valence-electron chi connectivity index (χ0n) is 21.4. The van der Waals surface area contributed by atoms with E-state index in [2.05, 4.69) is 19.9 Å². The fraction of sp³-hybridized carbons (Fsp3) is 0.357. The van der Waals surface area contributed by atoms with Gasteiger partial charge in [0.15, 0.2) is 11.5 Å². The molecule has 204 valence electrons. The van der Waals surface area contributed by atoms with Gasteiger partial charge in [-0.1, -0.05) is 24.3 Å². The summed E-state index contributed by atoms with van der Waals surface area (Å²) < 4.78 is 44.4. The summed E-state index contributed by atoms with van der Waals surface area (Å²) in [5.41, 5.74) is 1.67. The molecule has 1 saturated heterocycles. The molecule has 2 fully saturated rings. The minimum absolute atomic E-state index is 0.115. The molecule has 10 nitrogen and oxygen atoms in total. The van der Waals surface area contributed by atoms with Crippen molar-refractivity contribution in [3.8, 4) is 22.8 Å². The third-order valence-corrected chi connectivity index (χ3v) is 8.86. The Labute approximate surface area is 227 Å². The van der Waals surface area contributed by atoms with Gasteiger partial charge in [-0.05, 0) is 54.8 Å². The summed E-state index contributed by atoms with van der Waals surface area (Å²) in [6, 6.07) is 17.6. The standard InChI is InChI=1S/C28H30N4O6S/c33-27(28(10-11-28)21-6-9-24-25(18-21)38-19-37-24)31-26-3-1-2-23(30-26)20-4-7-22(8-5-20)39(34,35)29-12-13-32-14-16-36-17-15-32/h1-9,18,29H,10-17,19H2,(H,30,31,33). The van der Waals surface area contributed by atoms with Crippen molar-refractivity contribution in [1.82, 2.24) is 14.6 Å². The number of carbonyl (C=O) groups is 1. The van der Waals surface area contributed by atoms with Gasteiger partial charge in [0.2, 0.25) is 22.7 Å². The van der Waals surface area contributed by atoms with Crippen LogP contribution in [0.25, 0.3) is 11.3 Å². The van der Waals surface area contributed by atoms with E-state index < -0.39 is 15.4 Å². The van der Waals surface area contributed by atoms with Gasteiger partial charge >= 0.3 is 0 Å². The maximum atomic E-state index is 13.3. The van der Waals surface area contributed by atoms with E-state index in [-0.39, 0.29) is 17.6 Å². The first-order valence-corrected chi connectivity index (χ1v) is 14.5. The molecule has 3 aliphatic rings. The number of hydrogen-bond acceptors (Lipinski definition) is 8. The fourth-order valence-corrected chi connectivity index (χ4v) is 5.94. The van der Waals surface area contributed by atoms with Crippen molar-refractivity contribution in [2.24, 2.45) is 0 Å². The van der Waals surface area contributed by atoms with Gasteiger partial charge in [0.25, 0.3) is 0 Å². The third kappa shape index (κ3) is 5.48. The average Bonchev–Trinajstić information content (AvgIpc) is 3.64. The van der Waals surface area contributed by atoms with E-state index in [1.807, 2.05) is 30.3 Å². The van der Waals surface area contributed by atoms with Gasteiger partial charge in [-0.15, -0.1) is 0 Å². The summed E-state index contributed by atoms with van der Waals surface area (Å²) in [7, 11) is -3.63. The largest absolute Gasteiger partial charge is 0.454 e. The number of nitrogens with zero attached hydrogens (tertiary/aromatic N) is 2. The lowest BCUT2D eigenvalue weighted by Crippen LogP contribution is -2.41. The molecule has 2 aromatic carbocycles. The zero-order valence-corrected chi connectivity index (χ0v) is 22.2. The zero-order chi connectivity index (χ0) is 26.9. The molecule has 3 heterocycles. The molecule has 1 saturated carbocycles. The lowest BCUT2D eigenvalue weighted by atomic mass is 9.94. The van der Waals surface area contributed by atoms with E-state index in [1.54, 1.807) is 30.3 Å². The molecular weight excluding hydrogens is 520 g/mol. The highest BCUT2D eigenvalue weighted by molar-refractivity contribution is 7.89. The van der Waals surface area contributed by atoms with Gasteiger partial charge in [0.1, 0.15) is 5.82 Å². The van der Waals surface area contributed by atoms with E-state index >= 15 is 0 Å². The smallest absolute Gasteiger partial charge is 0.240 e. The number of fused-ring (bicyclic) bond motifs is 1. The lowest BCUT2D eigenvalue weighted by molar-refractivity contribution is -0.118. The molecule has 39 heavy (non-hydrogen) atoms. The van der Waals surface area contributed by atoms with Crippen LogP contribution in [0.15, 0.2) is 65.6 Å². The Bertz CT molecular complexity index is 1470. The Morgan fingerprint density at radius 2 is 1.74 bits per heavy atom. The Hall–Kier alpha value is -3.51. The fourth-order valence-electron chi connectivity index (χ4n) is 4.92. The number of pyridine rings is 1. The van der Waals surface area contributed by atoms with Gasteiger partial charge in [-0.25, -0.2) is 18.1 Å². The number of benzene rings is 2. The molecule has 0 unspecified atom stereocenters. The van der Waals surface area contributed by atoms with Crippen LogP contribution in [-0.2, 0) is 25.0 Å². The molecule has 1 amide bonds. The van der Waals surface area contributed by atoms with Gasteiger partial charge in [-0.2, -0.15) is 0 Å². The van der Waals surface area contributed by atoms with Crippen LogP contribution in [0.4, 0.5) is 5.82 Å². The molecule has 0 atom stereocenters. The number of nitrogens with one attached hydrogen (secondary N) is 2. The third-order valence-electron chi connectivity index (χ3n) is 7.38. The molecule has 1 aliphatic carbocycles. The maximum absolute atomic E-state index is 13.3. The number of carbonyl (C=O) groups excluding carboxylic acids is 1. The predicted molar refractivity (Wildman–Crippen MR) is 144 cm³/mol. The van der Waals surface area contributed by atoms with Crippen LogP contribution >= 0.6 is 0 Å². The van der Waals surface area contributed by atoms with E-state index in [1.165, 1.54) is 0 Å². The summed E-state index contributed by atoms with van der Waals surface area (Å²) in [6.45, 7) is 4.12. The number of rotatable bonds is 9. The van der Waals surface area contributed by atoms with Crippen LogP contribution in [0.3, 0.4) is 0 Å². The molecular formula is C28H30N4O6S. The number of morpholine rings is 1. The first-order valence-electron chi connectivity index (χ1n) is 13.0. The molecule has 2 N–H and O–H groups in total. The summed E-state index contributed by atoms with van der Waals surface area (Å²) in [4.78, 5) is 20.3. The summed E-state index contributed by atoms with van der Waals surface area (Å²) in [5.74, 6) is 1.66. The number of hydrogen-bond donors (Lipinski definition) is 2. The van der Waals surface area contributed by atoms with E-state index in [9.17, 15) is 13.2 Å². The van der Waals surface area contributed by atoms with Crippen LogP contribution in [0, 0.1) is 0 Å². The monoisotopic (exact) mass is 550 g/mol. The first kappa shape index (κ1) is 25.8. The van der Waals surface area contributed by atoms with E-state index in [4.69, 9.17) is 14.2 Å². The van der Waals surface area contributed by atoms with Crippen molar-refractivity contribution in [1.29, 1.82) is 0 Å². The lowest BCUT2D eigenvalue weighted by Gasteiger charge is -2.26. The Kier molecular flexibility index (Phi) is 6.98. The van der Waals surface area contributed by atoms with Crippen molar-refractivity contribution in [3.05, 3.63) is 66.2 Å². The molecule has 1 aromatic heterocycles. The maximum Gasteiger partial charge on any atom is 0.240 e. The minimum atomic E-state index is -3.63. The summed E-state index contributed by atoms with van der Waals surface area (Å²) in [5, 5.41) is 2.97. The Morgan fingerprint density at radius 1 is 0.974 bits per heavy atom. The van der Waals surface area contributed by atoms with E-state index in [0.717, 1.165) is 37.1 Å². The van der Waals surface area contributed by atoms with Crippen molar-refractivity contribution < 1.29 is 27.4 Å². The van der Waals surface area contributed by atoms with Gasteiger partial charge in [-0.3, -0.25) is 9.69 Å². The van der Waals surface area contributed by atoms with Crippen molar-refractivity contribution >= 4 is 21.7 Å². The number of aromatic nitrogens is 1. The second kappa shape index (κ2) is 10.6. The Morgan fingerprint density at radius 3 is 2.51 bits per heavy atom. The average molecular weight is 551 g/mol. The van der Waals surface area contributed by atoms with Gasteiger partial charge in [0, 0.05) is 31.7 Å². The highest BCUT2D eigenvalue weighted by Gasteiger charge is 2.51. The van der Waals surface area contributed by atoms with Crippen LogP contribution in [-0.4, -0.2) is 70.4 Å². The summed E-state index contributed by atoms with van der Waals surface area (Å²) in [6.07, 6.45) is 1.49. The van der Waals surface area contributed by atoms with Gasteiger partial charge in [0.05, 0.1) is 29.2 Å². The second-order valence-corrected chi connectivity index (χ2v) is 11.7. The second-order valence-electron chi connectivity index (χ2n) is 9.89. The number of anilines is 1. The Balaban J connectivity index is 1.10. The topological polar surface area (TPSA) is 119 Å². The van der Waals surface area contributed by atoms with Crippen molar-refractivity contribution in [3.63, 3.8) is 0 Å². The predicted octanol–water partition coefficient (Wildman–Crippen LogP) is 2.76. The van der Waals surface area contributed by atoms with Gasteiger partial charge < -0.3 is 19.5 Å². The van der Waals surface area contributed by atoms with Crippen LogP contribution in [0.1, 0.15) is 18.4 Å².